The normalized spacial score (nSPS) is 17.9. The number of rotatable bonds is 6. The summed E-state index contributed by atoms with van der Waals surface area (Å²) in [5, 5.41) is 7.37. The lowest BCUT2D eigenvalue weighted by atomic mass is 10.2. The molecule has 2 fully saturated rings. The van der Waals surface area contributed by atoms with E-state index in [4.69, 9.17) is 21.7 Å². The van der Waals surface area contributed by atoms with E-state index >= 15 is 0 Å². The molecule has 0 aromatic heterocycles. The molecule has 8 heteroatoms. The minimum absolute atomic E-state index is 0.671. The molecule has 1 aromatic rings. The van der Waals surface area contributed by atoms with Crippen molar-refractivity contribution in [2.75, 3.05) is 94.9 Å². The second kappa shape index (κ2) is 10.1. The summed E-state index contributed by atoms with van der Waals surface area (Å²) in [5.41, 5.74) is 3.47. The average molecular weight is 395 g/mol. The Morgan fingerprint density at radius 1 is 1.04 bits per heavy atom. The second-order valence-corrected chi connectivity index (χ2v) is 7.65. The van der Waals surface area contributed by atoms with Gasteiger partial charge in [-0.3, -0.25) is 0 Å². The van der Waals surface area contributed by atoms with Gasteiger partial charge in [-0.1, -0.05) is 0 Å². The molecule has 27 heavy (non-hydrogen) atoms. The summed E-state index contributed by atoms with van der Waals surface area (Å²) in [4.78, 5) is 6.16. The first-order valence-corrected chi connectivity index (χ1v) is 10.2. The molecular weight excluding hydrogens is 362 g/mol. The monoisotopic (exact) mass is 394 g/mol. The molecule has 7 nitrogen and oxygen atoms in total. The molecule has 0 unspecified atom stereocenters. The summed E-state index contributed by atoms with van der Waals surface area (Å²) >= 11 is 5.51. The van der Waals surface area contributed by atoms with Crippen molar-refractivity contribution in [1.29, 1.82) is 0 Å². The molecule has 2 aliphatic heterocycles. The molecule has 0 amide bonds. The van der Waals surface area contributed by atoms with Gasteiger partial charge >= 0.3 is 0 Å². The van der Waals surface area contributed by atoms with Crippen LogP contribution in [-0.2, 0) is 9.47 Å². The Labute approximate surface area is 167 Å². The van der Waals surface area contributed by atoms with E-state index in [1.165, 1.54) is 16.3 Å². The molecule has 0 radical (unpaired) electrons. The van der Waals surface area contributed by atoms with Crippen molar-refractivity contribution in [3.8, 4) is 0 Å². The van der Waals surface area contributed by atoms with Crippen LogP contribution < -0.4 is 25.3 Å². The predicted octanol–water partition coefficient (Wildman–Crippen LogP) is -0.209. The zero-order valence-electron chi connectivity index (χ0n) is 16.4. The van der Waals surface area contributed by atoms with E-state index in [9.17, 15) is 0 Å². The molecular formula is C19H32N5O2S+. The number of morpholine rings is 2. The Balaban J connectivity index is 1.73. The molecule has 0 aliphatic carbocycles. The van der Waals surface area contributed by atoms with Crippen LogP contribution in [-0.4, -0.2) is 84.9 Å². The molecule has 150 valence electrons. The quantitative estimate of drug-likeness (QED) is 0.578. The number of nitrogens with zero attached hydrogens (tertiary/aromatic N) is 2. The van der Waals surface area contributed by atoms with E-state index in [1.807, 2.05) is 0 Å². The number of benzene rings is 1. The Morgan fingerprint density at radius 2 is 1.67 bits per heavy atom. The molecule has 3 rings (SSSR count). The van der Waals surface area contributed by atoms with Crippen molar-refractivity contribution in [1.82, 2.24) is 5.32 Å². The van der Waals surface area contributed by atoms with Crippen molar-refractivity contribution < 1.29 is 14.4 Å². The lowest BCUT2D eigenvalue weighted by molar-refractivity contribution is -0.856. The van der Waals surface area contributed by atoms with Gasteiger partial charge in [-0.15, -0.1) is 0 Å². The van der Waals surface area contributed by atoms with E-state index in [0.717, 1.165) is 71.4 Å². The number of ether oxygens (including phenoxy) is 2. The van der Waals surface area contributed by atoms with Crippen LogP contribution in [0.3, 0.4) is 0 Å². The van der Waals surface area contributed by atoms with Gasteiger partial charge in [-0.2, -0.15) is 0 Å². The molecule has 0 bridgehead atoms. The van der Waals surface area contributed by atoms with Gasteiger partial charge in [-0.05, 0) is 30.4 Å². The summed E-state index contributed by atoms with van der Waals surface area (Å²) in [5.74, 6) is 0. The molecule has 2 aliphatic rings. The van der Waals surface area contributed by atoms with Crippen molar-refractivity contribution in [2.24, 2.45) is 0 Å². The predicted molar refractivity (Wildman–Crippen MR) is 114 cm³/mol. The van der Waals surface area contributed by atoms with Gasteiger partial charge in [0.2, 0.25) is 0 Å². The second-order valence-electron chi connectivity index (χ2n) is 7.24. The Hall–Kier alpha value is -1.61. The Morgan fingerprint density at radius 3 is 2.30 bits per heavy atom. The number of hydrogen-bond donors (Lipinski definition) is 3. The SMILES string of the molecule is C[NH+](C)CCNC(=S)Nc1ccc(N2CCOCC2)cc1N1CCOCC1. The van der Waals surface area contributed by atoms with Crippen LogP contribution in [0, 0.1) is 0 Å². The highest BCUT2D eigenvalue weighted by Gasteiger charge is 2.19. The van der Waals surface area contributed by atoms with Gasteiger partial charge in [0.05, 0.1) is 65.0 Å². The molecule has 0 spiro atoms. The van der Waals surface area contributed by atoms with Gasteiger partial charge < -0.3 is 34.8 Å². The van der Waals surface area contributed by atoms with E-state index < -0.39 is 0 Å². The average Bonchev–Trinajstić information content (AvgIpc) is 2.69. The van der Waals surface area contributed by atoms with Gasteiger partial charge in [0.15, 0.2) is 5.11 Å². The smallest absolute Gasteiger partial charge is 0.171 e. The first-order valence-electron chi connectivity index (χ1n) is 9.77. The van der Waals surface area contributed by atoms with Crippen LogP contribution in [0.5, 0.6) is 0 Å². The van der Waals surface area contributed by atoms with Crippen molar-refractivity contribution in [3.05, 3.63) is 18.2 Å². The molecule has 1 aromatic carbocycles. The van der Waals surface area contributed by atoms with Crippen LogP contribution in [0.1, 0.15) is 0 Å². The topological polar surface area (TPSA) is 53.4 Å². The fraction of sp³-hybridized carbons (Fsp3) is 0.632. The number of nitrogens with one attached hydrogen (secondary N) is 3. The van der Waals surface area contributed by atoms with E-state index in [0.29, 0.717) is 5.11 Å². The fourth-order valence-corrected chi connectivity index (χ4v) is 3.51. The van der Waals surface area contributed by atoms with Gasteiger partial charge in [0.25, 0.3) is 0 Å². The van der Waals surface area contributed by atoms with Crippen molar-refractivity contribution >= 4 is 34.4 Å². The number of thiocarbonyl (C=S) groups is 1. The van der Waals surface area contributed by atoms with E-state index in [2.05, 4.69) is 52.7 Å². The van der Waals surface area contributed by atoms with Gasteiger partial charge in [0, 0.05) is 31.9 Å². The van der Waals surface area contributed by atoms with Crippen LogP contribution in [0.15, 0.2) is 18.2 Å². The summed E-state index contributed by atoms with van der Waals surface area (Å²) in [6.07, 6.45) is 0. The van der Waals surface area contributed by atoms with Crippen molar-refractivity contribution in [2.45, 2.75) is 0 Å². The highest BCUT2D eigenvalue weighted by atomic mass is 32.1. The lowest BCUT2D eigenvalue weighted by Gasteiger charge is -2.33. The molecule has 0 atom stereocenters. The number of quaternary nitrogens is 1. The Bertz CT molecular complexity index is 616. The Kier molecular flexibility index (Phi) is 7.51. The minimum atomic E-state index is 0.671. The zero-order valence-corrected chi connectivity index (χ0v) is 17.2. The third-order valence-electron chi connectivity index (χ3n) is 4.87. The number of anilines is 3. The third-order valence-corrected chi connectivity index (χ3v) is 5.11. The zero-order chi connectivity index (χ0) is 19.1. The minimum Gasteiger partial charge on any atom is -0.378 e. The summed E-state index contributed by atoms with van der Waals surface area (Å²) in [7, 11) is 4.28. The molecule has 3 N–H and O–H groups in total. The first-order chi connectivity index (χ1) is 13.1. The van der Waals surface area contributed by atoms with Crippen molar-refractivity contribution in [3.63, 3.8) is 0 Å². The maximum absolute atomic E-state index is 5.53. The third kappa shape index (κ3) is 5.93. The number of likely N-dealkylation sites (N-methyl/N-ethyl adjacent to an activating group) is 1. The molecule has 2 saturated heterocycles. The molecule has 0 saturated carbocycles. The first kappa shape index (κ1) is 20.1. The maximum Gasteiger partial charge on any atom is 0.171 e. The summed E-state index contributed by atoms with van der Waals surface area (Å²) in [6.45, 7) is 8.62. The van der Waals surface area contributed by atoms with E-state index in [-0.39, 0.29) is 0 Å². The summed E-state index contributed by atoms with van der Waals surface area (Å²) in [6, 6.07) is 6.58. The standard InChI is InChI=1S/C19H31N5O2S/c1-22(2)6-5-20-19(27)21-17-4-3-16(23-7-11-25-12-8-23)15-18(17)24-9-13-26-14-10-24/h3-4,15H,5-14H2,1-2H3,(H2,20,21,27)/p+1. The fourth-order valence-electron chi connectivity index (χ4n) is 3.30. The highest BCUT2D eigenvalue weighted by molar-refractivity contribution is 7.80. The summed E-state index contributed by atoms with van der Waals surface area (Å²) < 4.78 is 11.0. The van der Waals surface area contributed by atoms with Crippen LogP contribution in [0.25, 0.3) is 0 Å². The van der Waals surface area contributed by atoms with Gasteiger partial charge in [0.1, 0.15) is 0 Å². The lowest BCUT2D eigenvalue weighted by Crippen LogP contribution is -3.06. The largest absolute Gasteiger partial charge is 0.378 e. The molecule has 2 heterocycles. The van der Waals surface area contributed by atoms with Crippen LogP contribution in [0.4, 0.5) is 17.1 Å². The van der Waals surface area contributed by atoms with E-state index in [1.54, 1.807) is 0 Å². The van der Waals surface area contributed by atoms with Gasteiger partial charge in [-0.25, -0.2) is 0 Å². The highest BCUT2D eigenvalue weighted by Crippen LogP contribution is 2.32. The maximum atomic E-state index is 5.53. The van der Waals surface area contributed by atoms with Crippen LogP contribution in [0.2, 0.25) is 0 Å². The number of hydrogen-bond acceptors (Lipinski definition) is 5. The van der Waals surface area contributed by atoms with Crippen LogP contribution >= 0.6 is 12.2 Å².